The maximum atomic E-state index is 12.3. The van der Waals surface area contributed by atoms with Crippen molar-refractivity contribution in [2.24, 2.45) is 5.92 Å². The minimum absolute atomic E-state index is 0.144. The van der Waals surface area contributed by atoms with Crippen LogP contribution in [0.2, 0.25) is 0 Å². The van der Waals surface area contributed by atoms with Gasteiger partial charge in [0.05, 0.1) is 18.7 Å². The molecule has 0 amide bonds. The summed E-state index contributed by atoms with van der Waals surface area (Å²) in [6.45, 7) is 1.43. The van der Waals surface area contributed by atoms with E-state index in [9.17, 15) is 13.2 Å². The fraction of sp³-hybridized carbons (Fsp3) is 0.500. The monoisotopic (exact) mass is 328 g/mol. The first-order valence-corrected chi connectivity index (χ1v) is 8.42. The van der Waals surface area contributed by atoms with Crippen molar-refractivity contribution in [1.29, 1.82) is 0 Å². The van der Waals surface area contributed by atoms with Crippen LogP contribution in [0.3, 0.4) is 0 Å². The van der Waals surface area contributed by atoms with Crippen molar-refractivity contribution < 1.29 is 23.1 Å². The molecule has 7 nitrogen and oxygen atoms in total. The van der Waals surface area contributed by atoms with Gasteiger partial charge in [0.15, 0.2) is 0 Å². The van der Waals surface area contributed by atoms with Crippen molar-refractivity contribution in [3.63, 3.8) is 0 Å². The third kappa shape index (κ3) is 4.43. The van der Waals surface area contributed by atoms with Gasteiger partial charge in [-0.25, -0.2) is 0 Å². The molecule has 0 saturated carbocycles. The van der Waals surface area contributed by atoms with E-state index in [1.165, 1.54) is 10.4 Å². The SMILES string of the molecule is COCC1CCN(S(=O)(=O)Nc2cccc(CC(=O)O)c2)C1. The Bertz CT molecular complexity index is 632. The first-order valence-electron chi connectivity index (χ1n) is 6.98. The molecule has 1 aromatic carbocycles. The fourth-order valence-corrected chi connectivity index (χ4v) is 3.83. The molecule has 1 heterocycles. The molecule has 1 aromatic rings. The van der Waals surface area contributed by atoms with Crippen molar-refractivity contribution in [1.82, 2.24) is 4.31 Å². The molecule has 0 aliphatic carbocycles. The lowest BCUT2D eigenvalue weighted by atomic mass is 10.1. The molecule has 0 radical (unpaired) electrons. The first kappa shape index (κ1) is 16.7. The van der Waals surface area contributed by atoms with Gasteiger partial charge in [-0.2, -0.15) is 12.7 Å². The summed E-state index contributed by atoms with van der Waals surface area (Å²) in [5.41, 5.74) is 0.917. The Morgan fingerprint density at radius 3 is 2.95 bits per heavy atom. The Labute approximate surface area is 130 Å². The number of ether oxygens (including phenoxy) is 1. The molecule has 2 rings (SSSR count). The summed E-state index contributed by atoms with van der Waals surface area (Å²) in [5, 5.41) is 8.78. The van der Waals surface area contributed by atoms with Gasteiger partial charge in [0.1, 0.15) is 0 Å². The lowest BCUT2D eigenvalue weighted by Crippen LogP contribution is -2.34. The summed E-state index contributed by atoms with van der Waals surface area (Å²) in [5.74, 6) is -0.748. The second-order valence-electron chi connectivity index (χ2n) is 5.35. The molecule has 2 N–H and O–H groups in total. The van der Waals surface area contributed by atoms with Crippen LogP contribution in [0.25, 0.3) is 0 Å². The van der Waals surface area contributed by atoms with Crippen molar-refractivity contribution in [2.75, 3.05) is 31.5 Å². The van der Waals surface area contributed by atoms with Gasteiger partial charge >= 0.3 is 16.2 Å². The van der Waals surface area contributed by atoms with Crippen molar-refractivity contribution in [3.05, 3.63) is 29.8 Å². The van der Waals surface area contributed by atoms with Gasteiger partial charge in [0.2, 0.25) is 0 Å². The molecule has 1 aliphatic rings. The number of aliphatic carboxylic acids is 1. The molecule has 22 heavy (non-hydrogen) atoms. The summed E-state index contributed by atoms with van der Waals surface area (Å²) in [6, 6.07) is 6.42. The van der Waals surface area contributed by atoms with Crippen LogP contribution in [-0.2, 0) is 26.2 Å². The van der Waals surface area contributed by atoms with Gasteiger partial charge in [-0.3, -0.25) is 9.52 Å². The quantitative estimate of drug-likeness (QED) is 0.776. The summed E-state index contributed by atoms with van der Waals surface area (Å²) >= 11 is 0. The molecular weight excluding hydrogens is 308 g/mol. The van der Waals surface area contributed by atoms with Gasteiger partial charge < -0.3 is 9.84 Å². The number of benzene rings is 1. The van der Waals surface area contributed by atoms with E-state index in [1.807, 2.05) is 0 Å². The van der Waals surface area contributed by atoms with E-state index in [0.29, 0.717) is 30.9 Å². The molecule has 1 unspecified atom stereocenters. The topological polar surface area (TPSA) is 95.9 Å². The third-order valence-electron chi connectivity index (χ3n) is 3.52. The van der Waals surface area contributed by atoms with E-state index in [-0.39, 0.29) is 12.3 Å². The highest BCUT2D eigenvalue weighted by Gasteiger charge is 2.31. The molecular formula is C14H20N2O5S. The summed E-state index contributed by atoms with van der Waals surface area (Å²) < 4.78 is 33.6. The summed E-state index contributed by atoms with van der Waals surface area (Å²) in [4.78, 5) is 10.7. The second kappa shape index (κ2) is 7.08. The number of carboxylic acids is 1. The number of methoxy groups -OCH3 is 1. The average Bonchev–Trinajstić information content (AvgIpc) is 2.88. The zero-order valence-electron chi connectivity index (χ0n) is 12.4. The Morgan fingerprint density at radius 2 is 2.27 bits per heavy atom. The van der Waals surface area contributed by atoms with Crippen LogP contribution in [0.5, 0.6) is 0 Å². The third-order valence-corrected chi connectivity index (χ3v) is 5.03. The molecule has 8 heteroatoms. The molecule has 1 fully saturated rings. The largest absolute Gasteiger partial charge is 0.481 e. The highest BCUT2D eigenvalue weighted by Crippen LogP contribution is 2.21. The van der Waals surface area contributed by atoms with Crippen molar-refractivity contribution >= 4 is 21.9 Å². The zero-order valence-corrected chi connectivity index (χ0v) is 13.2. The number of nitrogens with one attached hydrogen (secondary N) is 1. The Kier molecular flexibility index (Phi) is 5.38. The van der Waals surface area contributed by atoms with Crippen molar-refractivity contribution in [3.8, 4) is 0 Å². The number of nitrogens with zero attached hydrogens (tertiary/aromatic N) is 1. The van der Waals surface area contributed by atoms with Gasteiger partial charge in [-0.05, 0) is 30.0 Å². The first-order chi connectivity index (χ1) is 10.4. The predicted octanol–water partition coefficient (Wildman–Crippen LogP) is 0.939. The standard InChI is InChI=1S/C14H20N2O5S/c1-21-10-12-5-6-16(9-12)22(19,20)15-13-4-2-3-11(7-13)8-14(17)18/h2-4,7,12,15H,5-6,8-10H2,1H3,(H,17,18). The minimum Gasteiger partial charge on any atom is -0.481 e. The van der Waals surface area contributed by atoms with E-state index in [1.54, 1.807) is 25.3 Å². The highest BCUT2D eigenvalue weighted by molar-refractivity contribution is 7.90. The number of carboxylic acid groups (broad SMARTS) is 1. The molecule has 122 valence electrons. The number of hydrogen-bond acceptors (Lipinski definition) is 4. The fourth-order valence-electron chi connectivity index (χ4n) is 2.52. The van der Waals surface area contributed by atoms with E-state index in [0.717, 1.165) is 6.42 Å². The lowest BCUT2D eigenvalue weighted by Gasteiger charge is -2.18. The number of carbonyl (C=O) groups is 1. The van der Waals surface area contributed by atoms with E-state index in [2.05, 4.69) is 4.72 Å². The van der Waals surface area contributed by atoms with E-state index in [4.69, 9.17) is 9.84 Å². The van der Waals surface area contributed by atoms with Crippen LogP contribution in [0, 0.1) is 5.92 Å². The summed E-state index contributed by atoms with van der Waals surface area (Å²) in [7, 11) is -2.03. The number of anilines is 1. The minimum atomic E-state index is -3.63. The lowest BCUT2D eigenvalue weighted by molar-refractivity contribution is -0.136. The van der Waals surface area contributed by atoms with Gasteiger partial charge in [-0.1, -0.05) is 12.1 Å². The van der Waals surface area contributed by atoms with Crippen LogP contribution in [0.1, 0.15) is 12.0 Å². The van der Waals surface area contributed by atoms with Gasteiger partial charge in [-0.15, -0.1) is 0 Å². The van der Waals surface area contributed by atoms with Crippen LogP contribution in [0.4, 0.5) is 5.69 Å². The Hall–Kier alpha value is -1.64. The van der Waals surface area contributed by atoms with Crippen LogP contribution < -0.4 is 4.72 Å². The highest BCUT2D eigenvalue weighted by atomic mass is 32.2. The van der Waals surface area contributed by atoms with Crippen LogP contribution in [-0.4, -0.2) is 50.6 Å². The molecule has 0 aromatic heterocycles. The molecule has 1 aliphatic heterocycles. The van der Waals surface area contributed by atoms with Gasteiger partial charge in [0.25, 0.3) is 0 Å². The number of hydrogen-bond donors (Lipinski definition) is 2. The molecule has 1 saturated heterocycles. The van der Waals surface area contributed by atoms with Crippen LogP contribution in [0.15, 0.2) is 24.3 Å². The average molecular weight is 328 g/mol. The Morgan fingerprint density at radius 1 is 1.50 bits per heavy atom. The maximum Gasteiger partial charge on any atom is 0.307 e. The van der Waals surface area contributed by atoms with Gasteiger partial charge in [0, 0.05) is 20.2 Å². The number of rotatable bonds is 7. The summed E-state index contributed by atoms with van der Waals surface area (Å²) in [6.07, 6.45) is 0.628. The molecule has 0 spiro atoms. The van der Waals surface area contributed by atoms with Crippen LogP contribution >= 0.6 is 0 Å². The Balaban J connectivity index is 2.04. The maximum absolute atomic E-state index is 12.3. The predicted molar refractivity (Wildman–Crippen MR) is 81.9 cm³/mol. The normalized spacial score (nSPS) is 19.2. The second-order valence-corrected chi connectivity index (χ2v) is 7.02. The smallest absolute Gasteiger partial charge is 0.307 e. The molecule has 1 atom stereocenters. The van der Waals surface area contributed by atoms with E-state index < -0.39 is 16.2 Å². The molecule has 0 bridgehead atoms. The van der Waals surface area contributed by atoms with E-state index >= 15 is 0 Å². The van der Waals surface area contributed by atoms with Crippen molar-refractivity contribution in [2.45, 2.75) is 12.8 Å². The zero-order chi connectivity index (χ0) is 16.2.